The summed E-state index contributed by atoms with van der Waals surface area (Å²) in [5.74, 6) is 0.854. The second-order valence-corrected chi connectivity index (χ2v) is 4.73. The Morgan fingerprint density at radius 2 is 2.29 bits per heavy atom. The highest BCUT2D eigenvalue weighted by atomic mass is 16.5. The third kappa shape index (κ3) is 2.27. The molecule has 2 rings (SSSR count). The molecule has 14 heavy (non-hydrogen) atoms. The molecule has 2 aliphatic heterocycles. The van der Waals surface area contributed by atoms with Gasteiger partial charge in [0.2, 0.25) is 0 Å². The Morgan fingerprint density at radius 1 is 1.43 bits per heavy atom. The van der Waals surface area contributed by atoms with Gasteiger partial charge in [-0.05, 0) is 45.8 Å². The highest BCUT2D eigenvalue weighted by Crippen LogP contribution is 2.20. The van der Waals surface area contributed by atoms with Gasteiger partial charge in [-0.25, -0.2) is 0 Å². The van der Waals surface area contributed by atoms with Gasteiger partial charge in [0.05, 0.1) is 6.10 Å². The molecular weight excluding hydrogens is 176 g/mol. The highest BCUT2D eigenvalue weighted by Gasteiger charge is 2.29. The Bertz CT molecular complexity index is 180. The molecule has 2 fully saturated rings. The molecule has 2 aliphatic rings. The van der Waals surface area contributed by atoms with Crippen molar-refractivity contribution in [3.63, 3.8) is 0 Å². The molecule has 3 atom stereocenters. The zero-order valence-electron chi connectivity index (χ0n) is 9.33. The molecule has 0 radical (unpaired) electrons. The lowest BCUT2D eigenvalue weighted by molar-refractivity contribution is 0.0791. The van der Waals surface area contributed by atoms with Crippen molar-refractivity contribution in [3.05, 3.63) is 0 Å². The van der Waals surface area contributed by atoms with Crippen LogP contribution in [0.25, 0.3) is 0 Å². The summed E-state index contributed by atoms with van der Waals surface area (Å²) in [5, 5.41) is 3.42. The second-order valence-electron chi connectivity index (χ2n) is 4.73. The van der Waals surface area contributed by atoms with Gasteiger partial charge in [0.1, 0.15) is 0 Å². The maximum atomic E-state index is 5.59. The Labute approximate surface area is 86.8 Å². The van der Waals surface area contributed by atoms with Crippen LogP contribution in [0.15, 0.2) is 0 Å². The summed E-state index contributed by atoms with van der Waals surface area (Å²) in [7, 11) is 2.24. The molecule has 2 unspecified atom stereocenters. The van der Waals surface area contributed by atoms with Crippen LogP contribution in [-0.2, 0) is 4.74 Å². The molecule has 1 N–H and O–H groups in total. The quantitative estimate of drug-likeness (QED) is 0.722. The van der Waals surface area contributed by atoms with E-state index in [1.54, 1.807) is 0 Å². The van der Waals surface area contributed by atoms with Crippen LogP contribution in [-0.4, -0.2) is 50.3 Å². The van der Waals surface area contributed by atoms with E-state index in [2.05, 4.69) is 24.2 Å². The average molecular weight is 198 g/mol. The molecule has 3 nitrogen and oxygen atoms in total. The SMILES string of the molecule is CC1OCCC1N(C)C[C@H]1CCNC1. The summed E-state index contributed by atoms with van der Waals surface area (Å²) < 4.78 is 5.59. The Balaban J connectivity index is 1.78. The fourth-order valence-corrected chi connectivity index (χ4v) is 2.71. The fourth-order valence-electron chi connectivity index (χ4n) is 2.71. The van der Waals surface area contributed by atoms with E-state index in [0.29, 0.717) is 12.1 Å². The van der Waals surface area contributed by atoms with Crippen molar-refractivity contribution in [2.24, 2.45) is 5.92 Å². The molecular formula is C11H22N2O. The molecule has 0 saturated carbocycles. The molecule has 0 aliphatic carbocycles. The first-order valence-corrected chi connectivity index (χ1v) is 5.80. The largest absolute Gasteiger partial charge is 0.377 e. The first-order chi connectivity index (χ1) is 6.77. The van der Waals surface area contributed by atoms with Crippen LogP contribution in [0.5, 0.6) is 0 Å². The molecule has 0 aromatic carbocycles. The molecule has 2 heterocycles. The van der Waals surface area contributed by atoms with Crippen molar-refractivity contribution in [2.75, 3.05) is 33.3 Å². The van der Waals surface area contributed by atoms with Crippen LogP contribution in [0.3, 0.4) is 0 Å². The summed E-state index contributed by atoms with van der Waals surface area (Å²) >= 11 is 0. The maximum Gasteiger partial charge on any atom is 0.0702 e. The molecule has 82 valence electrons. The van der Waals surface area contributed by atoms with Gasteiger partial charge in [-0.1, -0.05) is 0 Å². The van der Waals surface area contributed by atoms with Crippen molar-refractivity contribution < 1.29 is 4.74 Å². The van der Waals surface area contributed by atoms with Crippen molar-refractivity contribution in [2.45, 2.75) is 31.9 Å². The van der Waals surface area contributed by atoms with Crippen LogP contribution in [0.2, 0.25) is 0 Å². The summed E-state index contributed by atoms with van der Waals surface area (Å²) in [6.45, 7) is 6.77. The van der Waals surface area contributed by atoms with E-state index in [9.17, 15) is 0 Å². The van der Waals surface area contributed by atoms with Crippen molar-refractivity contribution in [1.29, 1.82) is 0 Å². The molecule has 0 amide bonds. The van der Waals surface area contributed by atoms with Crippen molar-refractivity contribution >= 4 is 0 Å². The summed E-state index contributed by atoms with van der Waals surface area (Å²) in [6, 6.07) is 0.649. The Kier molecular flexibility index (Phi) is 3.42. The summed E-state index contributed by atoms with van der Waals surface area (Å²) in [5.41, 5.74) is 0. The molecule has 3 heteroatoms. The minimum atomic E-state index is 0.425. The van der Waals surface area contributed by atoms with Gasteiger partial charge in [0, 0.05) is 19.2 Å². The van der Waals surface area contributed by atoms with E-state index in [1.165, 1.54) is 32.5 Å². The summed E-state index contributed by atoms with van der Waals surface area (Å²) in [6.07, 6.45) is 2.97. The summed E-state index contributed by atoms with van der Waals surface area (Å²) in [4.78, 5) is 2.50. The minimum absolute atomic E-state index is 0.425. The first kappa shape index (κ1) is 10.4. The van der Waals surface area contributed by atoms with Crippen LogP contribution in [0, 0.1) is 5.92 Å². The number of likely N-dealkylation sites (N-methyl/N-ethyl adjacent to an activating group) is 1. The van der Waals surface area contributed by atoms with Gasteiger partial charge in [-0.15, -0.1) is 0 Å². The van der Waals surface area contributed by atoms with Gasteiger partial charge in [-0.3, -0.25) is 0 Å². The fraction of sp³-hybridized carbons (Fsp3) is 1.00. The standard InChI is InChI=1S/C11H22N2O/c1-9-11(4-6-14-9)13(2)8-10-3-5-12-7-10/h9-12H,3-8H2,1-2H3/t9?,10-,11?/m0/s1. The number of nitrogens with one attached hydrogen (secondary N) is 1. The highest BCUT2D eigenvalue weighted by molar-refractivity contribution is 4.83. The Morgan fingerprint density at radius 3 is 2.86 bits per heavy atom. The van der Waals surface area contributed by atoms with E-state index in [0.717, 1.165) is 12.5 Å². The number of ether oxygens (including phenoxy) is 1. The number of rotatable bonds is 3. The number of hydrogen-bond acceptors (Lipinski definition) is 3. The van der Waals surface area contributed by atoms with Crippen molar-refractivity contribution in [1.82, 2.24) is 10.2 Å². The minimum Gasteiger partial charge on any atom is -0.377 e. The monoisotopic (exact) mass is 198 g/mol. The van der Waals surface area contributed by atoms with Gasteiger partial charge in [0.15, 0.2) is 0 Å². The predicted molar refractivity (Wildman–Crippen MR) is 57.4 cm³/mol. The third-order valence-corrected chi connectivity index (χ3v) is 3.61. The zero-order chi connectivity index (χ0) is 9.97. The number of nitrogens with zero attached hydrogens (tertiary/aromatic N) is 1. The van der Waals surface area contributed by atoms with E-state index >= 15 is 0 Å². The van der Waals surface area contributed by atoms with Gasteiger partial charge < -0.3 is 15.0 Å². The number of hydrogen-bond donors (Lipinski definition) is 1. The average Bonchev–Trinajstić information content (AvgIpc) is 2.75. The smallest absolute Gasteiger partial charge is 0.0702 e. The maximum absolute atomic E-state index is 5.59. The van der Waals surface area contributed by atoms with Crippen LogP contribution >= 0.6 is 0 Å². The molecule has 0 aromatic rings. The third-order valence-electron chi connectivity index (χ3n) is 3.61. The van der Waals surface area contributed by atoms with Gasteiger partial charge >= 0.3 is 0 Å². The van der Waals surface area contributed by atoms with Gasteiger partial charge in [-0.2, -0.15) is 0 Å². The lowest BCUT2D eigenvalue weighted by Crippen LogP contribution is -2.40. The van der Waals surface area contributed by atoms with E-state index in [-0.39, 0.29) is 0 Å². The van der Waals surface area contributed by atoms with Crippen LogP contribution < -0.4 is 5.32 Å². The van der Waals surface area contributed by atoms with Crippen molar-refractivity contribution in [3.8, 4) is 0 Å². The van der Waals surface area contributed by atoms with Crippen LogP contribution in [0.4, 0.5) is 0 Å². The second kappa shape index (κ2) is 4.60. The lowest BCUT2D eigenvalue weighted by Gasteiger charge is -2.28. The van der Waals surface area contributed by atoms with Crippen LogP contribution in [0.1, 0.15) is 19.8 Å². The molecule has 2 saturated heterocycles. The molecule has 0 bridgehead atoms. The first-order valence-electron chi connectivity index (χ1n) is 5.80. The normalized spacial score (nSPS) is 38.4. The molecule has 0 aromatic heterocycles. The van der Waals surface area contributed by atoms with E-state index < -0.39 is 0 Å². The van der Waals surface area contributed by atoms with E-state index in [4.69, 9.17) is 4.74 Å². The van der Waals surface area contributed by atoms with E-state index in [1.807, 2.05) is 0 Å². The Hall–Kier alpha value is -0.120. The van der Waals surface area contributed by atoms with Gasteiger partial charge in [0.25, 0.3) is 0 Å². The molecule has 0 spiro atoms. The predicted octanol–water partition coefficient (Wildman–Crippen LogP) is 0.705. The topological polar surface area (TPSA) is 24.5 Å². The lowest BCUT2D eigenvalue weighted by atomic mass is 10.1. The zero-order valence-corrected chi connectivity index (χ0v) is 9.33.